The van der Waals surface area contributed by atoms with Crippen molar-refractivity contribution in [1.82, 2.24) is 10.6 Å². The standard InChI is InChI=1S/C19H28N2O4S/c1-13(17(22)20-11-14-9-10-26(24,25)12-14)21-18(23)15-5-7-16(8-6-15)19(2,3)4/h5-8,13-14H,9-12H2,1-4H3,(H,20,22)(H,21,23). The van der Waals surface area contributed by atoms with Gasteiger partial charge in [-0.1, -0.05) is 32.9 Å². The van der Waals surface area contributed by atoms with Gasteiger partial charge in [0.05, 0.1) is 11.5 Å². The highest BCUT2D eigenvalue weighted by atomic mass is 32.2. The maximum absolute atomic E-state index is 12.3. The molecule has 0 bridgehead atoms. The van der Waals surface area contributed by atoms with Crippen LogP contribution in [0.1, 0.15) is 50.0 Å². The van der Waals surface area contributed by atoms with Crippen LogP contribution in [0.3, 0.4) is 0 Å². The Morgan fingerprint density at radius 1 is 1.19 bits per heavy atom. The van der Waals surface area contributed by atoms with Gasteiger partial charge in [-0.15, -0.1) is 0 Å². The van der Waals surface area contributed by atoms with E-state index >= 15 is 0 Å². The normalized spacial score (nSPS) is 20.4. The Hall–Kier alpha value is -1.89. The molecule has 2 amide bonds. The Morgan fingerprint density at radius 3 is 2.31 bits per heavy atom. The first kappa shape index (κ1) is 20.4. The van der Waals surface area contributed by atoms with E-state index in [4.69, 9.17) is 0 Å². The molecule has 0 saturated carbocycles. The molecule has 26 heavy (non-hydrogen) atoms. The van der Waals surface area contributed by atoms with Gasteiger partial charge in [-0.3, -0.25) is 9.59 Å². The Kier molecular flexibility index (Phi) is 6.11. The minimum atomic E-state index is -2.95. The first-order chi connectivity index (χ1) is 12.0. The lowest BCUT2D eigenvalue weighted by Crippen LogP contribution is -2.46. The van der Waals surface area contributed by atoms with Crippen molar-refractivity contribution in [1.29, 1.82) is 0 Å². The molecule has 1 aromatic rings. The van der Waals surface area contributed by atoms with Crippen LogP contribution in [0.25, 0.3) is 0 Å². The van der Waals surface area contributed by atoms with E-state index in [-0.39, 0.29) is 34.7 Å². The van der Waals surface area contributed by atoms with E-state index in [1.165, 1.54) is 0 Å². The lowest BCUT2D eigenvalue weighted by atomic mass is 9.86. The number of carbonyl (C=O) groups is 2. The maximum Gasteiger partial charge on any atom is 0.251 e. The van der Waals surface area contributed by atoms with Crippen LogP contribution in [-0.4, -0.2) is 44.3 Å². The largest absolute Gasteiger partial charge is 0.354 e. The van der Waals surface area contributed by atoms with E-state index in [1.54, 1.807) is 19.1 Å². The Balaban J connectivity index is 1.85. The molecular formula is C19H28N2O4S. The third-order valence-electron chi connectivity index (χ3n) is 4.65. The molecule has 2 N–H and O–H groups in total. The van der Waals surface area contributed by atoms with E-state index in [0.717, 1.165) is 5.56 Å². The second-order valence-corrected chi connectivity index (χ2v) is 10.3. The van der Waals surface area contributed by atoms with Crippen LogP contribution in [-0.2, 0) is 20.0 Å². The average Bonchev–Trinajstić information content (AvgIpc) is 2.90. The highest BCUT2D eigenvalue weighted by Gasteiger charge is 2.28. The predicted octanol–water partition coefficient (Wildman–Crippen LogP) is 1.65. The van der Waals surface area contributed by atoms with Crippen LogP contribution in [0, 0.1) is 5.92 Å². The van der Waals surface area contributed by atoms with Crippen molar-refractivity contribution in [3.63, 3.8) is 0 Å². The molecule has 1 aromatic carbocycles. The van der Waals surface area contributed by atoms with Crippen molar-refractivity contribution in [2.75, 3.05) is 18.1 Å². The molecule has 1 heterocycles. The second kappa shape index (κ2) is 7.78. The molecule has 0 aliphatic carbocycles. The highest BCUT2D eigenvalue weighted by molar-refractivity contribution is 7.91. The zero-order chi connectivity index (χ0) is 19.5. The summed E-state index contributed by atoms with van der Waals surface area (Å²) in [4.78, 5) is 24.4. The minimum Gasteiger partial charge on any atom is -0.354 e. The number of carbonyl (C=O) groups excluding carboxylic acids is 2. The first-order valence-corrected chi connectivity index (χ1v) is 10.7. The van der Waals surface area contributed by atoms with Gasteiger partial charge in [0.25, 0.3) is 5.91 Å². The van der Waals surface area contributed by atoms with Crippen molar-refractivity contribution in [2.45, 2.75) is 45.6 Å². The van der Waals surface area contributed by atoms with E-state index in [1.807, 2.05) is 12.1 Å². The monoisotopic (exact) mass is 380 g/mol. The smallest absolute Gasteiger partial charge is 0.251 e. The van der Waals surface area contributed by atoms with Crippen molar-refractivity contribution < 1.29 is 18.0 Å². The van der Waals surface area contributed by atoms with E-state index in [2.05, 4.69) is 31.4 Å². The number of rotatable bonds is 5. The van der Waals surface area contributed by atoms with Crippen molar-refractivity contribution in [3.8, 4) is 0 Å². The molecule has 1 fully saturated rings. The first-order valence-electron chi connectivity index (χ1n) is 8.87. The molecule has 2 unspecified atom stereocenters. The van der Waals surface area contributed by atoms with Crippen LogP contribution in [0.2, 0.25) is 0 Å². The van der Waals surface area contributed by atoms with E-state index < -0.39 is 15.9 Å². The van der Waals surface area contributed by atoms with E-state index in [9.17, 15) is 18.0 Å². The summed E-state index contributed by atoms with van der Waals surface area (Å²) < 4.78 is 22.9. The Labute approximate surface area is 155 Å². The van der Waals surface area contributed by atoms with Crippen LogP contribution in [0.15, 0.2) is 24.3 Å². The molecule has 1 aliphatic rings. The van der Waals surface area contributed by atoms with Gasteiger partial charge in [-0.2, -0.15) is 0 Å². The summed E-state index contributed by atoms with van der Waals surface area (Å²) in [6.45, 7) is 8.24. The third-order valence-corrected chi connectivity index (χ3v) is 6.48. The summed E-state index contributed by atoms with van der Waals surface area (Å²) in [5, 5.41) is 5.41. The molecule has 2 rings (SSSR count). The number of benzene rings is 1. The number of sulfone groups is 1. The van der Waals surface area contributed by atoms with Gasteiger partial charge >= 0.3 is 0 Å². The maximum atomic E-state index is 12.3. The highest BCUT2D eigenvalue weighted by Crippen LogP contribution is 2.22. The zero-order valence-corrected chi connectivity index (χ0v) is 16.7. The molecule has 1 aliphatic heterocycles. The van der Waals surface area contributed by atoms with Gasteiger partial charge in [-0.25, -0.2) is 8.42 Å². The van der Waals surface area contributed by atoms with Gasteiger partial charge in [0.2, 0.25) is 5.91 Å². The van der Waals surface area contributed by atoms with Crippen molar-refractivity contribution >= 4 is 21.7 Å². The number of hydrogen-bond donors (Lipinski definition) is 2. The number of hydrogen-bond acceptors (Lipinski definition) is 4. The lowest BCUT2D eigenvalue weighted by molar-refractivity contribution is -0.122. The lowest BCUT2D eigenvalue weighted by Gasteiger charge is -2.19. The van der Waals surface area contributed by atoms with Gasteiger partial charge in [0.1, 0.15) is 6.04 Å². The molecular weight excluding hydrogens is 352 g/mol. The average molecular weight is 381 g/mol. The quantitative estimate of drug-likeness (QED) is 0.812. The molecule has 0 radical (unpaired) electrons. The summed E-state index contributed by atoms with van der Waals surface area (Å²) >= 11 is 0. The van der Waals surface area contributed by atoms with Gasteiger partial charge in [-0.05, 0) is 42.4 Å². The van der Waals surface area contributed by atoms with Crippen molar-refractivity contribution in [2.24, 2.45) is 5.92 Å². The molecule has 144 valence electrons. The van der Waals surface area contributed by atoms with Gasteiger partial charge in [0, 0.05) is 12.1 Å². The third kappa shape index (κ3) is 5.56. The Morgan fingerprint density at radius 2 is 1.81 bits per heavy atom. The summed E-state index contributed by atoms with van der Waals surface area (Å²) in [5.74, 6) is -0.360. The zero-order valence-electron chi connectivity index (χ0n) is 15.8. The summed E-state index contributed by atoms with van der Waals surface area (Å²) in [5.41, 5.74) is 1.64. The fraction of sp³-hybridized carbons (Fsp3) is 0.579. The molecule has 7 heteroatoms. The topological polar surface area (TPSA) is 92.3 Å². The van der Waals surface area contributed by atoms with Gasteiger partial charge in [0.15, 0.2) is 9.84 Å². The molecule has 0 spiro atoms. The molecule has 6 nitrogen and oxygen atoms in total. The second-order valence-electron chi connectivity index (χ2n) is 8.04. The van der Waals surface area contributed by atoms with E-state index in [0.29, 0.717) is 18.5 Å². The number of amides is 2. The molecule has 0 aromatic heterocycles. The van der Waals surface area contributed by atoms with Crippen LogP contribution in [0.5, 0.6) is 0 Å². The molecule has 1 saturated heterocycles. The predicted molar refractivity (Wildman–Crippen MR) is 102 cm³/mol. The summed E-state index contributed by atoms with van der Waals surface area (Å²) in [7, 11) is -2.95. The Bertz CT molecular complexity index is 764. The summed E-state index contributed by atoms with van der Waals surface area (Å²) in [6, 6.07) is 6.65. The fourth-order valence-corrected chi connectivity index (χ4v) is 4.76. The number of nitrogens with one attached hydrogen (secondary N) is 2. The molecule has 2 atom stereocenters. The SMILES string of the molecule is CC(NC(=O)c1ccc(C(C)(C)C)cc1)C(=O)NCC1CCS(=O)(=O)C1. The van der Waals surface area contributed by atoms with Crippen LogP contribution >= 0.6 is 0 Å². The van der Waals surface area contributed by atoms with Crippen LogP contribution in [0.4, 0.5) is 0 Å². The van der Waals surface area contributed by atoms with Crippen LogP contribution < -0.4 is 10.6 Å². The minimum absolute atomic E-state index is 0.00982. The summed E-state index contributed by atoms with van der Waals surface area (Å²) in [6.07, 6.45) is 0.573. The fourth-order valence-electron chi connectivity index (χ4n) is 2.90. The van der Waals surface area contributed by atoms with Gasteiger partial charge < -0.3 is 10.6 Å². The van der Waals surface area contributed by atoms with Crippen molar-refractivity contribution in [3.05, 3.63) is 35.4 Å².